The van der Waals surface area contributed by atoms with Crippen LogP contribution in [0.3, 0.4) is 0 Å². The fraction of sp³-hybridized carbons (Fsp3) is 0.250. The predicted octanol–water partition coefficient (Wildman–Crippen LogP) is 4.48. The van der Waals surface area contributed by atoms with E-state index in [0.717, 1.165) is 0 Å². The van der Waals surface area contributed by atoms with Gasteiger partial charge in [-0.3, -0.25) is 14.2 Å². The lowest BCUT2D eigenvalue weighted by Crippen LogP contribution is -2.15. The van der Waals surface area contributed by atoms with Crippen LogP contribution < -0.4 is 5.76 Å². The topological polar surface area (TPSA) is 78.5 Å². The molecule has 8 heteroatoms. The Bertz CT molecular complexity index is 1100. The Labute approximate surface area is 170 Å². The zero-order chi connectivity index (χ0) is 20.3. The minimum absolute atomic E-state index is 0.135. The molecule has 0 spiro atoms. The number of halogens is 2. The second-order valence-electron chi connectivity index (χ2n) is 6.04. The second-order valence-corrected chi connectivity index (χ2v) is 6.88. The molecule has 146 valence electrons. The van der Waals surface area contributed by atoms with Crippen LogP contribution in [0.1, 0.15) is 35.7 Å². The number of rotatable bonds is 7. The molecule has 6 nitrogen and oxygen atoms in total. The molecule has 3 aromatic rings. The van der Waals surface area contributed by atoms with Crippen LogP contribution in [0.5, 0.6) is 0 Å². The Hall–Kier alpha value is -2.57. The van der Waals surface area contributed by atoms with E-state index in [9.17, 15) is 14.4 Å². The first-order valence-electron chi connectivity index (χ1n) is 8.70. The maximum atomic E-state index is 13.0. The molecule has 1 aromatic heterocycles. The van der Waals surface area contributed by atoms with Crippen molar-refractivity contribution in [2.75, 3.05) is 6.61 Å². The summed E-state index contributed by atoms with van der Waals surface area (Å²) >= 11 is 12.3. The Kier molecular flexibility index (Phi) is 6.21. The van der Waals surface area contributed by atoms with Crippen LogP contribution in [-0.2, 0) is 16.1 Å². The summed E-state index contributed by atoms with van der Waals surface area (Å²) in [7, 11) is 0. The van der Waals surface area contributed by atoms with E-state index in [2.05, 4.69) is 0 Å². The molecule has 0 bridgehead atoms. The van der Waals surface area contributed by atoms with Gasteiger partial charge in [0.1, 0.15) is 0 Å². The lowest BCUT2D eigenvalue weighted by atomic mass is 10.0. The van der Waals surface area contributed by atoms with Crippen molar-refractivity contribution in [2.24, 2.45) is 0 Å². The molecule has 0 atom stereocenters. The van der Waals surface area contributed by atoms with Crippen molar-refractivity contribution in [3.8, 4) is 0 Å². The smallest absolute Gasteiger partial charge is 0.419 e. The van der Waals surface area contributed by atoms with Crippen molar-refractivity contribution in [2.45, 2.75) is 26.3 Å². The van der Waals surface area contributed by atoms with Gasteiger partial charge in [0.15, 0.2) is 11.4 Å². The van der Waals surface area contributed by atoms with Crippen LogP contribution in [0.25, 0.3) is 11.1 Å². The largest absolute Gasteiger partial charge is 0.466 e. The van der Waals surface area contributed by atoms with E-state index in [-0.39, 0.29) is 45.7 Å². The van der Waals surface area contributed by atoms with E-state index >= 15 is 0 Å². The quantitative estimate of drug-likeness (QED) is 0.415. The number of oxazole rings is 1. The Morgan fingerprint density at radius 1 is 1.14 bits per heavy atom. The van der Waals surface area contributed by atoms with Crippen molar-refractivity contribution < 1.29 is 18.7 Å². The highest BCUT2D eigenvalue weighted by Gasteiger charge is 2.21. The highest BCUT2D eigenvalue weighted by molar-refractivity contribution is 6.36. The third kappa shape index (κ3) is 4.13. The molecule has 0 unspecified atom stereocenters. The highest BCUT2D eigenvalue weighted by Crippen LogP contribution is 2.28. The summed E-state index contributed by atoms with van der Waals surface area (Å²) in [6.45, 7) is 2.26. The lowest BCUT2D eigenvalue weighted by Gasteiger charge is -2.06. The first-order chi connectivity index (χ1) is 13.4. The SMILES string of the molecule is CCOC(=O)CCCn1c(=O)oc2c(C(=O)c3ccccc3Cl)cc(Cl)cc21. The van der Waals surface area contributed by atoms with Gasteiger partial charge in [-0.15, -0.1) is 0 Å². The van der Waals surface area contributed by atoms with Crippen LogP contribution in [0, 0.1) is 0 Å². The van der Waals surface area contributed by atoms with E-state index in [1.807, 2.05) is 0 Å². The third-order valence-corrected chi connectivity index (χ3v) is 4.71. The lowest BCUT2D eigenvalue weighted by molar-refractivity contribution is -0.143. The number of esters is 1. The van der Waals surface area contributed by atoms with Gasteiger partial charge in [0.25, 0.3) is 0 Å². The number of carbonyl (C=O) groups excluding carboxylic acids is 2. The fourth-order valence-electron chi connectivity index (χ4n) is 2.91. The number of hydrogen-bond donors (Lipinski definition) is 0. The molecular weight excluding hydrogens is 405 g/mol. The van der Waals surface area contributed by atoms with Gasteiger partial charge in [-0.05, 0) is 37.6 Å². The molecule has 0 saturated heterocycles. The summed E-state index contributed by atoms with van der Waals surface area (Å²) in [5, 5.41) is 0.569. The average Bonchev–Trinajstić information content (AvgIpc) is 2.97. The number of ether oxygens (including phenoxy) is 1. The normalized spacial score (nSPS) is 11.0. The van der Waals surface area contributed by atoms with Gasteiger partial charge >= 0.3 is 11.7 Å². The number of ketones is 1. The zero-order valence-electron chi connectivity index (χ0n) is 15.0. The molecule has 0 radical (unpaired) electrons. The molecule has 28 heavy (non-hydrogen) atoms. The van der Waals surface area contributed by atoms with Crippen molar-refractivity contribution in [3.63, 3.8) is 0 Å². The molecule has 0 aliphatic rings. The van der Waals surface area contributed by atoms with Crippen molar-refractivity contribution in [1.29, 1.82) is 0 Å². The van der Waals surface area contributed by atoms with Crippen molar-refractivity contribution in [3.05, 3.63) is 68.1 Å². The summed E-state index contributed by atoms with van der Waals surface area (Å²) in [6.07, 6.45) is 0.548. The van der Waals surface area contributed by atoms with Crippen molar-refractivity contribution in [1.82, 2.24) is 4.57 Å². The maximum Gasteiger partial charge on any atom is 0.419 e. The van der Waals surface area contributed by atoms with Gasteiger partial charge in [0.2, 0.25) is 0 Å². The van der Waals surface area contributed by atoms with E-state index in [1.165, 1.54) is 10.6 Å². The number of fused-ring (bicyclic) bond motifs is 1. The molecule has 0 saturated carbocycles. The monoisotopic (exact) mass is 421 g/mol. The van der Waals surface area contributed by atoms with Crippen LogP contribution in [-0.4, -0.2) is 22.9 Å². The number of hydrogen-bond acceptors (Lipinski definition) is 5. The molecule has 3 rings (SSSR count). The van der Waals surface area contributed by atoms with Crippen LogP contribution >= 0.6 is 23.2 Å². The number of benzene rings is 2. The third-order valence-electron chi connectivity index (χ3n) is 4.17. The van der Waals surface area contributed by atoms with E-state index in [1.54, 1.807) is 37.3 Å². The van der Waals surface area contributed by atoms with Gasteiger partial charge < -0.3 is 9.15 Å². The van der Waals surface area contributed by atoms with E-state index in [0.29, 0.717) is 18.5 Å². The Morgan fingerprint density at radius 3 is 2.61 bits per heavy atom. The molecule has 1 heterocycles. The molecule has 0 aliphatic heterocycles. The van der Waals surface area contributed by atoms with Gasteiger partial charge in [-0.25, -0.2) is 4.79 Å². The van der Waals surface area contributed by atoms with E-state index in [4.69, 9.17) is 32.4 Å². The summed E-state index contributed by atoms with van der Waals surface area (Å²) in [4.78, 5) is 36.8. The minimum Gasteiger partial charge on any atom is -0.466 e. The number of aryl methyl sites for hydroxylation is 1. The highest BCUT2D eigenvalue weighted by atomic mass is 35.5. The molecule has 0 amide bonds. The maximum absolute atomic E-state index is 13.0. The van der Waals surface area contributed by atoms with Gasteiger partial charge in [-0.2, -0.15) is 0 Å². The van der Waals surface area contributed by atoms with Gasteiger partial charge in [0, 0.05) is 23.6 Å². The minimum atomic E-state index is -0.630. The van der Waals surface area contributed by atoms with Gasteiger partial charge in [-0.1, -0.05) is 35.3 Å². The Morgan fingerprint density at radius 2 is 1.89 bits per heavy atom. The predicted molar refractivity (Wildman–Crippen MR) is 106 cm³/mol. The second kappa shape index (κ2) is 8.63. The summed E-state index contributed by atoms with van der Waals surface area (Å²) < 4.78 is 11.6. The molecule has 0 aliphatic carbocycles. The summed E-state index contributed by atoms with van der Waals surface area (Å²) in [5.74, 6) is -1.36. The molecular formula is C20H17Cl2NO5. The van der Waals surface area contributed by atoms with Crippen LogP contribution in [0.15, 0.2) is 45.6 Å². The summed E-state index contributed by atoms with van der Waals surface area (Å²) in [5.41, 5.74) is 0.953. The zero-order valence-corrected chi connectivity index (χ0v) is 16.5. The van der Waals surface area contributed by atoms with Crippen LogP contribution in [0.2, 0.25) is 10.0 Å². The first-order valence-corrected chi connectivity index (χ1v) is 9.45. The van der Waals surface area contributed by atoms with E-state index < -0.39 is 11.5 Å². The Balaban J connectivity index is 1.98. The van der Waals surface area contributed by atoms with Gasteiger partial charge in [0.05, 0.1) is 22.7 Å². The number of nitrogens with zero attached hydrogens (tertiary/aromatic N) is 1. The molecule has 2 aromatic carbocycles. The summed E-state index contributed by atoms with van der Waals surface area (Å²) in [6, 6.07) is 9.60. The van der Waals surface area contributed by atoms with Crippen LogP contribution in [0.4, 0.5) is 0 Å². The number of aromatic nitrogens is 1. The average molecular weight is 422 g/mol. The molecule has 0 fully saturated rings. The first kappa shape index (κ1) is 20.2. The molecule has 0 N–H and O–H groups in total. The standard InChI is InChI=1S/C20H17Cl2NO5/c1-2-27-17(24)8-5-9-23-16-11-12(21)10-14(19(16)28-20(23)26)18(25)13-6-3-4-7-15(13)22/h3-4,6-7,10-11H,2,5,8-9H2,1H3. The number of carbonyl (C=O) groups is 2. The fourth-order valence-corrected chi connectivity index (χ4v) is 3.35. The van der Waals surface area contributed by atoms with Crippen molar-refractivity contribution >= 4 is 46.1 Å².